The smallest absolute Gasteiger partial charge is 0.296 e. The third kappa shape index (κ3) is 2.09. The van der Waals surface area contributed by atoms with Crippen LogP contribution < -0.4 is 4.72 Å². The van der Waals surface area contributed by atoms with E-state index in [1.807, 2.05) is 0 Å². The molecule has 0 spiro atoms. The minimum absolute atomic E-state index is 0.00620. The van der Waals surface area contributed by atoms with E-state index in [0.717, 1.165) is 24.1 Å². The predicted molar refractivity (Wildman–Crippen MR) is 49.1 cm³/mol. The first-order valence-corrected chi connectivity index (χ1v) is 4.94. The normalized spacial score (nSPS) is 15.8. The molecule has 0 fully saturated rings. The van der Waals surface area contributed by atoms with Crippen molar-refractivity contribution < 1.29 is 18.0 Å². The van der Waals surface area contributed by atoms with Crippen molar-refractivity contribution in [3.8, 4) is 0 Å². The van der Waals surface area contributed by atoms with Crippen molar-refractivity contribution in [2.24, 2.45) is 0 Å². The van der Waals surface area contributed by atoms with Crippen molar-refractivity contribution in [1.29, 1.82) is 0 Å². The van der Waals surface area contributed by atoms with Crippen molar-refractivity contribution in [2.75, 3.05) is 0 Å². The number of hydrogen-bond donors (Lipinski definition) is 1. The quantitative estimate of drug-likeness (QED) is 0.697. The molecule has 1 aromatic rings. The molecule has 1 amide bonds. The molecular formula is C9H6F3NOS. The molecule has 2 nitrogen and oxygen atoms in total. The summed E-state index contributed by atoms with van der Waals surface area (Å²) in [6.07, 6.45) is -4.35. The Labute approximate surface area is 88.0 Å². The minimum Gasteiger partial charge on any atom is -0.296 e. The lowest BCUT2D eigenvalue weighted by Crippen LogP contribution is -2.23. The monoisotopic (exact) mass is 233 g/mol. The number of carbonyl (C=O) groups is 1. The van der Waals surface area contributed by atoms with Gasteiger partial charge in [-0.25, -0.2) is 0 Å². The lowest BCUT2D eigenvalue weighted by molar-refractivity contribution is -0.137. The molecule has 80 valence electrons. The van der Waals surface area contributed by atoms with E-state index >= 15 is 0 Å². The third-order valence-corrected chi connectivity index (χ3v) is 2.96. The summed E-state index contributed by atoms with van der Waals surface area (Å²) in [5.41, 5.74) is -0.282. The van der Waals surface area contributed by atoms with Gasteiger partial charge in [-0.05, 0) is 35.7 Å². The maximum Gasteiger partial charge on any atom is 0.416 e. The van der Waals surface area contributed by atoms with Gasteiger partial charge in [-0.15, -0.1) is 0 Å². The fraction of sp³-hybridized carbons (Fsp3) is 0.222. The van der Waals surface area contributed by atoms with Gasteiger partial charge in [0.15, 0.2) is 0 Å². The number of amides is 1. The zero-order valence-corrected chi connectivity index (χ0v) is 8.21. The molecule has 0 unspecified atom stereocenters. The van der Waals surface area contributed by atoms with E-state index in [4.69, 9.17) is 0 Å². The number of hydrogen-bond acceptors (Lipinski definition) is 2. The first-order valence-electron chi connectivity index (χ1n) is 4.12. The topological polar surface area (TPSA) is 29.1 Å². The standard InChI is InChI=1S/C9H6F3NOS/c10-9(11,12)6-1-2-7-5(3-6)4-8(14)13-15-7/h1-3H,4H2,(H,13,14). The van der Waals surface area contributed by atoms with Crippen LogP contribution in [0.1, 0.15) is 11.1 Å². The van der Waals surface area contributed by atoms with Gasteiger partial charge < -0.3 is 0 Å². The zero-order valence-electron chi connectivity index (χ0n) is 7.39. The average molecular weight is 233 g/mol. The van der Waals surface area contributed by atoms with Crippen LogP contribution in [0.5, 0.6) is 0 Å². The number of halogens is 3. The second-order valence-electron chi connectivity index (χ2n) is 3.12. The van der Waals surface area contributed by atoms with Crippen LogP contribution in [0.15, 0.2) is 23.1 Å². The van der Waals surface area contributed by atoms with E-state index in [0.29, 0.717) is 10.5 Å². The van der Waals surface area contributed by atoms with E-state index in [-0.39, 0.29) is 12.3 Å². The average Bonchev–Trinajstić information content (AvgIpc) is 2.15. The highest BCUT2D eigenvalue weighted by Gasteiger charge is 2.31. The fourth-order valence-electron chi connectivity index (χ4n) is 1.31. The maximum atomic E-state index is 12.3. The molecule has 1 aromatic carbocycles. The van der Waals surface area contributed by atoms with E-state index in [1.165, 1.54) is 6.07 Å². The summed E-state index contributed by atoms with van der Waals surface area (Å²) in [6.45, 7) is 0. The van der Waals surface area contributed by atoms with Gasteiger partial charge >= 0.3 is 6.18 Å². The van der Waals surface area contributed by atoms with Crippen molar-refractivity contribution in [2.45, 2.75) is 17.5 Å². The molecule has 0 atom stereocenters. The highest BCUT2D eigenvalue weighted by Crippen LogP contribution is 2.33. The number of benzene rings is 1. The minimum atomic E-state index is -4.35. The van der Waals surface area contributed by atoms with Crippen LogP contribution in [0.3, 0.4) is 0 Å². The molecule has 1 aliphatic heterocycles. The van der Waals surface area contributed by atoms with E-state index < -0.39 is 11.7 Å². The van der Waals surface area contributed by atoms with Crippen molar-refractivity contribution in [3.05, 3.63) is 29.3 Å². The summed E-state index contributed by atoms with van der Waals surface area (Å²) in [6, 6.07) is 3.42. The van der Waals surface area contributed by atoms with Crippen molar-refractivity contribution >= 4 is 17.9 Å². The number of nitrogens with one attached hydrogen (secondary N) is 1. The van der Waals surface area contributed by atoms with E-state index in [1.54, 1.807) is 0 Å². The Bertz CT molecular complexity index is 416. The molecule has 1 aliphatic rings. The first-order chi connectivity index (χ1) is 6.97. The summed E-state index contributed by atoms with van der Waals surface area (Å²) in [7, 11) is 0. The highest BCUT2D eigenvalue weighted by molar-refractivity contribution is 7.98. The van der Waals surface area contributed by atoms with Gasteiger partial charge in [-0.2, -0.15) is 13.2 Å². The first kappa shape index (κ1) is 10.4. The summed E-state index contributed by atoms with van der Waals surface area (Å²) in [4.78, 5) is 11.6. The third-order valence-electron chi connectivity index (χ3n) is 2.01. The van der Waals surface area contributed by atoms with Gasteiger partial charge in [0.25, 0.3) is 0 Å². The Balaban J connectivity index is 2.41. The zero-order chi connectivity index (χ0) is 11.1. The molecule has 0 bridgehead atoms. The molecule has 1 heterocycles. The van der Waals surface area contributed by atoms with E-state index in [9.17, 15) is 18.0 Å². The van der Waals surface area contributed by atoms with Gasteiger partial charge in [0.05, 0.1) is 12.0 Å². The molecule has 6 heteroatoms. The van der Waals surface area contributed by atoms with E-state index in [2.05, 4.69) is 4.72 Å². The second-order valence-corrected chi connectivity index (χ2v) is 3.97. The van der Waals surface area contributed by atoms with Crippen LogP contribution in [0.4, 0.5) is 13.2 Å². The molecule has 2 rings (SSSR count). The number of alkyl halides is 3. The molecule has 0 radical (unpaired) electrons. The van der Waals surface area contributed by atoms with Crippen LogP contribution in [-0.4, -0.2) is 5.91 Å². The Hall–Kier alpha value is -1.17. The maximum absolute atomic E-state index is 12.3. The van der Waals surface area contributed by atoms with Gasteiger partial charge in [0.2, 0.25) is 5.91 Å². The summed E-state index contributed by atoms with van der Waals surface area (Å²) < 4.78 is 39.5. The van der Waals surface area contributed by atoms with Crippen LogP contribution >= 0.6 is 11.9 Å². The Kier molecular flexibility index (Phi) is 2.38. The van der Waals surface area contributed by atoms with Crippen molar-refractivity contribution in [3.63, 3.8) is 0 Å². The SMILES string of the molecule is O=C1Cc2cc(C(F)(F)F)ccc2SN1. The van der Waals surface area contributed by atoms with Crippen LogP contribution in [-0.2, 0) is 17.4 Å². The molecule has 0 saturated heterocycles. The molecule has 15 heavy (non-hydrogen) atoms. The summed E-state index contributed by atoms with van der Waals surface area (Å²) in [5.74, 6) is -0.271. The number of fused-ring (bicyclic) bond motifs is 1. The predicted octanol–water partition coefficient (Wildman–Crippen LogP) is 2.38. The van der Waals surface area contributed by atoms with Crippen LogP contribution in [0.2, 0.25) is 0 Å². The highest BCUT2D eigenvalue weighted by atomic mass is 32.2. The van der Waals surface area contributed by atoms with Crippen LogP contribution in [0, 0.1) is 0 Å². The Morgan fingerprint density at radius 3 is 2.73 bits per heavy atom. The fourth-order valence-corrected chi connectivity index (χ4v) is 2.01. The molecular weight excluding hydrogens is 227 g/mol. The van der Waals surface area contributed by atoms with Gasteiger partial charge in [-0.3, -0.25) is 9.52 Å². The molecule has 1 N–H and O–H groups in total. The van der Waals surface area contributed by atoms with Crippen LogP contribution in [0.25, 0.3) is 0 Å². The van der Waals surface area contributed by atoms with Gasteiger partial charge in [0.1, 0.15) is 0 Å². The lowest BCUT2D eigenvalue weighted by atomic mass is 10.1. The number of rotatable bonds is 0. The van der Waals surface area contributed by atoms with Gasteiger partial charge in [0, 0.05) is 4.90 Å². The lowest BCUT2D eigenvalue weighted by Gasteiger charge is -2.17. The Morgan fingerprint density at radius 1 is 1.33 bits per heavy atom. The largest absolute Gasteiger partial charge is 0.416 e. The molecule has 0 aromatic heterocycles. The Morgan fingerprint density at radius 2 is 2.07 bits per heavy atom. The molecule has 0 saturated carbocycles. The summed E-state index contributed by atoms with van der Waals surface area (Å²) >= 11 is 1.05. The van der Waals surface area contributed by atoms with Crippen molar-refractivity contribution in [1.82, 2.24) is 4.72 Å². The summed E-state index contributed by atoms with van der Waals surface area (Å²) in [5, 5.41) is 0. The molecule has 0 aliphatic carbocycles. The second kappa shape index (κ2) is 3.44. The van der Waals surface area contributed by atoms with Gasteiger partial charge in [-0.1, -0.05) is 0 Å². The number of carbonyl (C=O) groups excluding carboxylic acids is 1.